The first-order valence-electron chi connectivity index (χ1n) is 5.97. The van der Waals surface area contributed by atoms with Gasteiger partial charge in [0.1, 0.15) is 5.82 Å². The molecule has 0 atom stereocenters. The van der Waals surface area contributed by atoms with Crippen LogP contribution < -0.4 is 0 Å². The van der Waals surface area contributed by atoms with E-state index in [1.807, 2.05) is 18.2 Å². The van der Waals surface area contributed by atoms with Gasteiger partial charge < -0.3 is 0 Å². The summed E-state index contributed by atoms with van der Waals surface area (Å²) in [6.07, 6.45) is 7.49. The van der Waals surface area contributed by atoms with Gasteiger partial charge in [0, 0.05) is 30.0 Å². The Balaban J connectivity index is 1.88. The molecule has 3 aromatic rings. The molecule has 0 radical (unpaired) electrons. The number of allylic oxidation sites excluding steroid dienone is 1. The zero-order valence-corrected chi connectivity index (χ0v) is 9.92. The minimum atomic E-state index is -0.324. The van der Waals surface area contributed by atoms with E-state index in [-0.39, 0.29) is 5.82 Å². The average Bonchev–Trinajstić information content (AvgIpc) is 3.03. The standard InChI is InChI=1S/C14H9FN4/c15-9-7-11-10(1-2-12(11)17-8-9)13-3-4-14-16-5-6-19(14)18-13/h1,3-8H,2H2. The number of nitrogens with zero attached hydrogens (tertiary/aromatic N) is 4. The second-order valence-corrected chi connectivity index (χ2v) is 4.42. The van der Waals surface area contributed by atoms with Crippen LogP contribution in [-0.4, -0.2) is 19.6 Å². The normalized spacial score (nSPS) is 13.6. The van der Waals surface area contributed by atoms with Crippen LogP contribution in [-0.2, 0) is 6.42 Å². The maximum Gasteiger partial charge on any atom is 0.153 e. The van der Waals surface area contributed by atoms with E-state index in [0.717, 1.165) is 28.2 Å². The first-order valence-corrected chi connectivity index (χ1v) is 5.97. The van der Waals surface area contributed by atoms with Gasteiger partial charge in [-0.1, -0.05) is 6.08 Å². The lowest BCUT2D eigenvalue weighted by Crippen LogP contribution is -1.98. The molecule has 0 amide bonds. The number of imidazole rings is 1. The van der Waals surface area contributed by atoms with E-state index >= 15 is 0 Å². The topological polar surface area (TPSA) is 43.1 Å². The Kier molecular flexibility index (Phi) is 2.03. The SMILES string of the molecule is Fc1cnc2c(c1)C(c1ccc3nccn3n1)=CC2. The zero-order chi connectivity index (χ0) is 12.8. The first-order chi connectivity index (χ1) is 9.31. The largest absolute Gasteiger partial charge is 0.257 e. The molecule has 0 unspecified atom stereocenters. The molecule has 0 N–H and O–H groups in total. The van der Waals surface area contributed by atoms with Crippen molar-refractivity contribution in [2.75, 3.05) is 0 Å². The third-order valence-corrected chi connectivity index (χ3v) is 3.26. The molecule has 0 saturated carbocycles. The molecular weight excluding hydrogens is 243 g/mol. The molecule has 0 bridgehead atoms. The van der Waals surface area contributed by atoms with Gasteiger partial charge in [-0.2, -0.15) is 5.10 Å². The van der Waals surface area contributed by atoms with Crippen molar-refractivity contribution in [3.05, 3.63) is 65.6 Å². The maximum atomic E-state index is 13.3. The van der Waals surface area contributed by atoms with E-state index in [1.165, 1.54) is 12.3 Å². The summed E-state index contributed by atoms with van der Waals surface area (Å²) in [4.78, 5) is 8.27. The van der Waals surface area contributed by atoms with Crippen molar-refractivity contribution in [2.45, 2.75) is 6.42 Å². The fraction of sp³-hybridized carbons (Fsp3) is 0.0714. The second-order valence-electron chi connectivity index (χ2n) is 4.42. The Hall–Kier alpha value is -2.56. The molecule has 3 heterocycles. The van der Waals surface area contributed by atoms with Crippen molar-refractivity contribution in [1.82, 2.24) is 19.6 Å². The minimum absolute atomic E-state index is 0.324. The van der Waals surface area contributed by atoms with Crippen molar-refractivity contribution in [1.29, 1.82) is 0 Å². The predicted molar refractivity (Wildman–Crippen MR) is 68.0 cm³/mol. The van der Waals surface area contributed by atoms with Crippen LogP contribution in [0.4, 0.5) is 4.39 Å². The van der Waals surface area contributed by atoms with Crippen LogP contribution in [0.25, 0.3) is 11.2 Å². The van der Waals surface area contributed by atoms with Crippen LogP contribution in [0.15, 0.2) is 42.9 Å². The van der Waals surface area contributed by atoms with Gasteiger partial charge in [-0.05, 0) is 18.2 Å². The molecule has 3 aromatic heterocycles. The summed E-state index contributed by atoms with van der Waals surface area (Å²) in [6, 6.07) is 5.31. The highest BCUT2D eigenvalue weighted by atomic mass is 19.1. The number of hydrogen-bond acceptors (Lipinski definition) is 3. The van der Waals surface area contributed by atoms with Gasteiger partial charge in [0.15, 0.2) is 5.65 Å². The Morgan fingerprint density at radius 2 is 2.16 bits per heavy atom. The molecule has 4 nitrogen and oxygen atoms in total. The third kappa shape index (κ3) is 1.55. The highest BCUT2D eigenvalue weighted by Crippen LogP contribution is 2.30. The van der Waals surface area contributed by atoms with Crippen LogP contribution in [0.5, 0.6) is 0 Å². The van der Waals surface area contributed by atoms with Crippen molar-refractivity contribution in [3.63, 3.8) is 0 Å². The number of rotatable bonds is 1. The summed E-state index contributed by atoms with van der Waals surface area (Å²) in [6.45, 7) is 0. The maximum absolute atomic E-state index is 13.3. The van der Waals surface area contributed by atoms with Crippen molar-refractivity contribution in [3.8, 4) is 0 Å². The van der Waals surface area contributed by atoms with Gasteiger partial charge >= 0.3 is 0 Å². The highest BCUT2D eigenvalue weighted by Gasteiger charge is 2.19. The summed E-state index contributed by atoms with van der Waals surface area (Å²) in [5, 5.41) is 4.48. The second kappa shape index (κ2) is 3.71. The van der Waals surface area contributed by atoms with E-state index in [0.29, 0.717) is 6.42 Å². The number of halogens is 1. The number of aromatic nitrogens is 4. The van der Waals surface area contributed by atoms with Crippen molar-refractivity contribution >= 4 is 11.2 Å². The molecule has 5 heteroatoms. The summed E-state index contributed by atoms with van der Waals surface area (Å²) in [5.74, 6) is -0.324. The molecule has 0 aromatic carbocycles. The molecule has 0 saturated heterocycles. The molecule has 4 rings (SSSR count). The Morgan fingerprint density at radius 3 is 3.11 bits per heavy atom. The molecule has 0 fully saturated rings. The number of fused-ring (bicyclic) bond motifs is 2. The molecule has 19 heavy (non-hydrogen) atoms. The van der Waals surface area contributed by atoms with Gasteiger partial charge in [0.2, 0.25) is 0 Å². The fourth-order valence-electron chi connectivity index (χ4n) is 2.37. The van der Waals surface area contributed by atoms with Gasteiger partial charge in [-0.25, -0.2) is 13.9 Å². The molecule has 1 aliphatic carbocycles. The zero-order valence-electron chi connectivity index (χ0n) is 9.92. The summed E-state index contributed by atoms with van der Waals surface area (Å²) in [5.41, 5.74) is 4.24. The van der Waals surface area contributed by atoms with Gasteiger partial charge in [0.05, 0.1) is 17.6 Å². The van der Waals surface area contributed by atoms with Gasteiger partial charge in [-0.15, -0.1) is 0 Å². The van der Waals surface area contributed by atoms with Crippen molar-refractivity contribution < 1.29 is 4.39 Å². The third-order valence-electron chi connectivity index (χ3n) is 3.26. The lowest BCUT2D eigenvalue weighted by Gasteiger charge is -2.05. The fourth-order valence-corrected chi connectivity index (χ4v) is 2.37. The van der Waals surface area contributed by atoms with E-state index in [2.05, 4.69) is 15.1 Å². The molecule has 92 valence electrons. The monoisotopic (exact) mass is 252 g/mol. The van der Waals surface area contributed by atoms with E-state index in [4.69, 9.17) is 0 Å². The van der Waals surface area contributed by atoms with Crippen LogP contribution in [0, 0.1) is 5.82 Å². The predicted octanol–water partition coefficient (Wildman–Crippen LogP) is 2.25. The summed E-state index contributed by atoms with van der Waals surface area (Å²) >= 11 is 0. The van der Waals surface area contributed by atoms with Crippen LogP contribution in [0.3, 0.4) is 0 Å². The quantitative estimate of drug-likeness (QED) is 0.667. The number of pyridine rings is 1. The smallest absolute Gasteiger partial charge is 0.153 e. The average molecular weight is 252 g/mol. The van der Waals surface area contributed by atoms with Crippen LogP contribution >= 0.6 is 0 Å². The van der Waals surface area contributed by atoms with E-state index in [9.17, 15) is 4.39 Å². The van der Waals surface area contributed by atoms with E-state index < -0.39 is 0 Å². The van der Waals surface area contributed by atoms with Crippen molar-refractivity contribution in [2.24, 2.45) is 0 Å². The lowest BCUT2D eigenvalue weighted by atomic mass is 10.1. The Bertz CT molecular complexity index is 819. The lowest BCUT2D eigenvalue weighted by molar-refractivity contribution is 0.619. The molecule has 0 aliphatic heterocycles. The Labute approximate surface area is 108 Å². The number of hydrogen-bond donors (Lipinski definition) is 0. The molecule has 1 aliphatic rings. The molecule has 0 spiro atoms. The van der Waals surface area contributed by atoms with Gasteiger partial charge in [-0.3, -0.25) is 4.98 Å². The Morgan fingerprint density at radius 1 is 1.21 bits per heavy atom. The van der Waals surface area contributed by atoms with Crippen LogP contribution in [0.2, 0.25) is 0 Å². The summed E-state index contributed by atoms with van der Waals surface area (Å²) in [7, 11) is 0. The first kappa shape index (κ1) is 10.4. The highest BCUT2D eigenvalue weighted by molar-refractivity contribution is 5.82. The minimum Gasteiger partial charge on any atom is -0.257 e. The summed E-state index contributed by atoms with van der Waals surface area (Å²) < 4.78 is 15.0. The van der Waals surface area contributed by atoms with Crippen LogP contribution in [0.1, 0.15) is 17.0 Å². The molecular formula is C14H9FN4. The van der Waals surface area contributed by atoms with Gasteiger partial charge in [0.25, 0.3) is 0 Å². The van der Waals surface area contributed by atoms with E-state index in [1.54, 1.807) is 16.9 Å².